The average Bonchev–Trinajstić information content (AvgIpc) is 3.10. The highest BCUT2D eigenvalue weighted by Gasteiger charge is 2.37. The summed E-state index contributed by atoms with van der Waals surface area (Å²) in [5, 5.41) is 13.4. The maximum Gasteiger partial charge on any atom is 0.155 e. The number of nitrogens with zero attached hydrogens (tertiary/aromatic N) is 3. The summed E-state index contributed by atoms with van der Waals surface area (Å²) in [5.41, 5.74) is 4.55. The fourth-order valence-electron chi connectivity index (χ4n) is 4.10. The molecule has 0 aliphatic heterocycles. The van der Waals surface area contributed by atoms with E-state index in [1.165, 1.54) is 0 Å². The molecule has 0 bridgehead atoms. The van der Waals surface area contributed by atoms with E-state index in [9.17, 15) is 5.11 Å². The highest BCUT2D eigenvalue weighted by molar-refractivity contribution is 5.82. The Bertz CT molecular complexity index is 1100. The molecule has 0 atom stereocenters. The van der Waals surface area contributed by atoms with E-state index < -0.39 is 5.60 Å². The zero-order valence-electron chi connectivity index (χ0n) is 18.3. The van der Waals surface area contributed by atoms with Crippen molar-refractivity contribution in [2.75, 3.05) is 38.0 Å². The van der Waals surface area contributed by atoms with Gasteiger partial charge in [0.05, 0.1) is 5.69 Å². The van der Waals surface area contributed by atoms with Crippen LogP contribution in [0.1, 0.15) is 16.8 Å². The minimum Gasteiger partial charge on any atom is -0.378 e. The molecule has 0 saturated heterocycles. The first kappa shape index (κ1) is 20.0. The van der Waals surface area contributed by atoms with Gasteiger partial charge in [0.1, 0.15) is 0 Å². The first-order valence-corrected chi connectivity index (χ1v) is 10.2. The summed E-state index contributed by atoms with van der Waals surface area (Å²) in [6.45, 7) is 0. The zero-order chi connectivity index (χ0) is 21.5. The Kier molecular flexibility index (Phi) is 5.04. The zero-order valence-corrected chi connectivity index (χ0v) is 18.3. The third-order valence-electron chi connectivity index (χ3n) is 5.93. The molecule has 0 saturated carbocycles. The van der Waals surface area contributed by atoms with Crippen LogP contribution in [0.25, 0.3) is 10.9 Å². The van der Waals surface area contributed by atoms with Gasteiger partial charge in [0, 0.05) is 52.1 Å². The molecule has 0 fully saturated rings. The molecule has 0 amide bonds. The van der Waals surface area contributed by atoms with Gasteiger partial charge >= 0.3 is 0 Å². The van der Waals surface area contributed by atoms with Crippen molar-refractivity contribution in [1.82, 2.24) is 4.57 Å². The van der Waals surface area contributed by atoms with Crippen molar-refractivity contribution in [1.29, 1.82) is 0 Å². The van der Waals surface area contributed by atoms with Crippen LogP contribution in [-0.2, 0) is 12.6 Å². The molecule has 4 rings (SSSR count). The quantitative estimate of drug-likeness (QED) is 0.532. The second-order valence-corrected chi connectivity index (χ2v) is 8.24. The third kappa shape index (κ3) is 3.23. The van der Waals surface area contributed by atoms with Crippen LogP contribution < -0.4 is 9.80 Å². The van der Waals surface area contributed by atoms with Crippen LogP contribution in [0.15, 0.2) is 78.9 Å². The van der Waals surface area contributed by atoms with Gasteiger partial charge in [0.2, 0.25) is 0 Å². The molecule has 0 unspecified atom stereocenters. The molecule has 4 aromatic rings. The SMILES string of the molecule is CN(C)c1ccc(C(O)(c2ccc(N(C)C)cc2)c2cc3ccccc3n2C)cc1. The predicted molar refractivity (Wildman–Crippen MR) is 127 cm³/mol. The number of aliphatic hydroxyl groups is 1. The van der Waals surface area contributed by atoms with Crippen molar-refractivity contribution < 1.29 is 5.11 Å². The predicted octanol–water partition coefficient (Wildman–Crippen LogP) is 4.59. The summed E-state index contributed by atoms with van der Waals surface area (Å²) in [6.07, 6.45) is 0. The van der Waals surface area contributed by atoms with Crippen LogP contribution in [0, 0.1) is 0 Å². The molecule has 0 radical (unpaired) electrons. The number of aromatic nitrogens is 1. The first-order chi connectivity index (χ1) is 14.3. The van der Waals surface area contributed by atoms with E-state index >= 15 is 0 Å². The Hall–Kier alpha value is -3.24. The molecule has 4 nitrogen and oxygen atoms in total. The lowest BCUT2D eigenvalue weighted by Crippen LogP contribution is -2.31. The van der Waals surface area contributed by atoms with Gasteiger partial charge in [-0.05, 0) is 52.9 Å². The van der Waals surface area contributed by atoms with Gasteiger partial charge < -0.3 is 19.5 Å². The van der Waals surface area contributed by atoms with Crippen LogP contribution in [0.4, 0.5) is 11.4 Å². The maximum absolute atomic E-state index is 12.3. The number of hydrogen-bond acceptors (Lipinski definition) is 3. The highest BCUT2D eigenvalue weighted by Crippen LogP contribution is 2.40. The van der Waals surface area contributed by atoms with E-state index in [-0.39, 0.29) is 0 Å². The van der Waals surface area contributed by atoms with Crippen molar-refractivity contribution in [2.45, 2.75) is 5.60 Å². The van der Waals surface area contributed by atoms with E-state index in [1.54, 1.807) is 0 Å². The standard InChI is InChI=1S/C26H29N3O/c1-27(2)22-14-10-20(11-15-22)26(30,21-12-16-23(17-13-21)28(3)4)25-18-19-8-6-7-9-24(19)29(25)5/h6-18,30H,1-5H3. The summed E-state index contributed by atoms with van der Waals surface area (Å²) in [6, 6.07) is 26.6. The summed E-state index contributed by atoms with van der Waals surface area (Å²) in [5.74, 6) is 0. The lowest BCUT2D eigenvalue weighted by molar-refractivity contribution is 0.118. The van der Waals surface area contributed by atoms with E-state index in [1.807, 2.05) is 71.6 Å². The number of fused-ring (bicyclic) bond motifs is 1. The van der Waals surface area contributed by atoms with Crippen LogP contribution in [0.3, 0.4) is 0 Å². The monoisotopic (exact) mass is 399 g/mol. The van der Waals surface area contributed by atoms with E-state index in [0.717, 1.165) is 39.1 Å². The van der Waals surface area contributed by atoms with Crippen molar-refractivity contribution in [3.63, 3.8) is 0 Å². The Labute approximate surface area is 178 Å². The van der Waals surface area contributed by atoms with E-state index in [2.05, 4.69) is 56.8 Å². The normalized spacial score (nSPS) is 11.7. The Morgan fingerprint density at radius 3 is 1.60 bits per heavy atom. The highest BCUT2D eigenvalue weighted by atomic mass is 16.3. The van der Waals surface area contributed by atoms with Gasteiger partial charge in [-0.1, -0.05) is 42.5 Å². The molecule has 4 heteroatoms. The topological polar surface area (TPSA) is 31.6 Å². The number of aryl methyl sites for hydroxylation is 1. The minimum absolute atomic E-state index is 0.844. The lowest BCUT2D eigenvalue weighted by Gasteiger charge is -2.31. The summed E-state index contributed by atoms with van der Waals surface area (Å²) in [7, 11) is 10.1. The minimum atomic E-state index is -1.27. The third-order valence-corrected chi connectivity index (χ3v) is 5.93. The molecule has 0 aliphatic carbocycles. The van der Waals surface area contributed by atoms with Crippen LogP contribution >= 0.6 is 0 Å². The Morgan fingerprint density at radius 2 is 1.17 bits per heavy atom. The van der Waals surface area contributed by atoms with Crippen molar-refractivity contribution in [3.8, 4) is 0 Å². The molecular weight excluding hydrogens is 370 g/mol. The second-order valence-electron chi connectivity index (χ2n) is 8.24. The molecule has 3 aromatic carbocycles. The molecular formula is C26H29N3O. The fraction of sp³-hybridized carbons (Fsp3) is 0.231. The molecule has 0 aliphatic rings. The van der Waals surface area contributed by atoms with Crippen molar-refractivity contribution in [3.05, 3.63) is 95.7 Å². The lowest BCUT2D eigenvalue weighted by atomic mass is 9.83. The van der Waals surface area contributed by atoms with Crippen LogP contribution in [0.5, 0.6) is 0 Å². The smallest absolute Gasteiger partial charge is 0.155 e. The molecule has 1 N–H and O–H groups in total. The maximum atomic E-state index is 12.3. The van der Waals surface area contributed by atoms with Gasteiger partial charge in [-0.15, -0.1) is 0 Å². The van der Waals surface area contributed by atoms with Crippen LogP contribution in [-0.4, -0.2) is 37.9 Å². The first-order valence-electron chi connectivity index (χ1n) is 10.2. The van der Waals surface area contributed by atoms with Gasteiger partial charge in [0.25, 0.3) is 0 Å². The van der Waals surface area contributed by atoms with E-state index in [0.29, 0.717) is 0 Å². The number of para-hydroxylation sites is 1. The molecule has 30 heavy (non-hydrogen) atoms. The summed E-state index contributed by atoms with van der Waals surface area (Å²) >= 11 is 0. The number of hydrogen-bond donors (Lipinski definition) is 1. The number of anilines is 2. The van der Waals surface area contributed by atoms with Gasteiger partial charge in [-0.25, -0.2) is 0 Å². The summed E-state index contributed by atoms with van der Waals surface area (Å²) < 4.78 is 2.09. The van der Waals surface area contributed by atoms with Crippen LogP contribution in [0.2, 0.25) is 0 Å². The molecule has 1 heterocycles. The fourth-order valence-corrected chi connectivity index (χ4v) is 4.10. The number of rotatable bonds is 5. The molecule has 1 aromatic heterocycles. The molecule has 0 spiro atoms. The largest absolute Gasteiger partial charge is 0.378 e. The van der Waals surface area contributed by atoms with E-state index in [4.69, 9.17) is 0 Å². The Morgan fingerprint density at radius 1 is 0.700 bits per heavy atom. The van der Waals surface area contributed by atoms with Gasteiger partial charge in [-0.2, -0.15) is 0 Å². The van der Waals surface area contributed by atoms with Gasteiger partial charge in [0.15, 0.2) is 5.60 Å². The molecule has 154 valence electrons. The van der Waals surface area contributed by atoms with Crippen molar-refractivity contribution in [2.24, 2.45) is 7.05 Å². The summed E-state index contributed by atoms with van der Waals surface area (Å²) in [4.78, 5) is 4.12. The van der Waals surface area contributed by atoms with Gasteiger partial charge in [-0.3, -0.25) is 0 Å². The van der Waals surface area contributed by atoms with Crippen molar-refractivity contribution >= 4 is 22.3 Å². The second kappa shape index (κ2) is 7.54. The number of benzene rings is 3. The Balaban J connectivity index is 1.95. The average molecular weight is 400 g/mol.